The number of halogens is 1. The third-order valence-corrected chi connectivity index (χ3v) is 3.97. The summed E-state index contributed by atoms with van der Waals surface area (Å²) >= 11 is 6.06. The van der Waals surface area contributed by atoms with Gasteiger partial charge in [0.25, 0.3) is 5.91 Å². The Morgan fingerprint density at radius 3 is 2.73 bits per heavy atom. The number of rotatable bonds is 4. The SMILES string of the molecule is O=C(NC1CC(C(=O)O)C1)c1cn(-c2ccccc2Cl)nn1. The third kappa shape index (κ3) is 2.80. The molecule has 1 fully saturated rings. The van der Waals surface area contributed by atoms with Crippen LogP contribution in [0.4, 0.5) is 0 Å². The maximum Gasteiger partial charge on any atom is 0.306 e. The molecule has 22 heavy (non-hydrogen) atoms. The van der Waals surface area contributed by atoms with Crippen molar-refractivity contribution >= 4 is 23.5 Å². The third-order valence-electron chi connectivity index (χ3n) is 3.65. The topological polar surface area (TPSA) is 97.1 Å². The Kier molecular flexibility index (Phi) is 3.81. The highest BCUT2D eigenvalue weighted by Gasteiger charge is 2.35. The molecule has 1 aliphatic carbocycles. The minimum atomic E-state index is -0.824. The van der Waals surface area contributed by atoms with Crippen molar-refractivity contribution in [1.29, 1.82) is 0 Å². The minimum Gasteiger partial charge on any atom is -0.481 e. The molecule has 1 aliphatic rings. The zero-order valence-corrected chi connectivity index (χ0v) is 12.2. The zero-order chi connectivity index (χ0) is 15.7. The Morgan fingerprint density at radius 2 is 2.05 bits per heavy atom. The van der Waals surface area contributed by atoms with Crippen molar-refractivity contribution < 1.29 is 14.7 Å². The number of aromatic nitrogens is 3. The Labute approximate surface area is 130 Å². The van der Waals surface area contributed by atoms with E-state index in [1.54, 1.807) is 18.2 Å². The van der Waals surface area contributed by atoms with Gasteiger partial charge in [0, 0.05) is 6.04 Å². The van der Waals surface area contributed by atoms with Crippen LogP contribution in [0.3, 0.4) is 0 Å². The van der Waals surface area contributed by atoms with E-state index in [0.717, 1.165) is 0 Å². The van der Waals surface area contributed by atoms with Gasteiger partial charge < -0.3 is 10.4 Å². The monoisotopic (exact) mass is 320 g/mol. The number of aliphatic carboxylic acids is 1. The summed E-state index contributed by atoms with van der Waals surface area (Å²) in [6, 6.07) is 6.97. The standard InChI is InChI=1S/C14H13ClN4O3/c15-10-3-1-2-4-12(10)19-7-11(17-18-19)13(20)16-9-5-8(6-9)14(21)22/h1-4,7-9H,5-6H2,(H,16,20)(H,21,22). The van der Waals surface area contributed by atoms with E-state index in [1.165, 1.54) is 10.9 Å². The highest BCUT2D eigenvalue weighted by atomic mass is 35.5. The highest BCUT2D eigenvalue weighted by Crippen LogP contribution is 2.27. The predicted molar refractivity (Wildman–Crippen MR) is 78.0 cm³/mol. The van der Waals surface area contributed by atoms with Crippen molar-refractivity contribution in [3.8, 4) is 5.69 Å². The molecule has 0 radical (unpaired) electrons. The number of hydrogen-bond acceptors (Lipinski definition) is 4. The molecule has 0 atom stereocenters. The molecule has 3 rings (SSSR count). The van der Waals surface area contributed by atoms with E-state index < -0.39 is 5.97 Å². The normalized spacial score (nSPS) is 20.2. The molecule has 1 saturated carbocycles. The first kappa shape index (κ1) is 14.5. The number of carboxylic acid groups (broad SMARTS) is 1. The van der Waals surface area contributed by atoms with Gasteiger partial charge in [0.05, 0.1) is 22.8 Å². The molecule has 114 valence electrons. The van der Waals surface area contributed by atoms with E-state index in [-0.39, 0.29) is 23.6 Å². The molecule has 1 heterocycles. The van der Waals surface area contributed by atoms with Gasteiger partial charge in [-0.3, -0.25) is 9.59 Å². The molecule has 1 aromatic heterocycles. The molecular weight excluding hydrogens is 308 g/mol. The average Bonchev–Trinajstić information content (AvgIpc) is 2.91. The molecule has 1 aromatic carbocycles. The maximum atomic E-state index is 12.0. The summed E-state index contributed by atoms with van der Waals surface area (Å²) < 4.78 is 1.43. The predicted octanol–water partition coefficient (Wildman–Crippen LogP) is 1.51. The van der Waals surface area contributed by atoms with E-state index in [0.29, 0.717) is 23.6 Å². The lowest BCUT2D eigenvalue weighted by molar-refractivity contribution is -0.145. The first-order valence-electron chi connectivity index (χ1n) is 6.75. The summed E-state index contributed by atoms with van der Waals surface area (Å²) in [7, 11) is 0. The van der Waals surface area contributed by atoms with Crippen LogP contribution in [-0.4, -0.2) is 38.0 Å². The molecule has 1 amide bonds. The molecule has 2 N–H and O–H groups in total. The lowest BCUT2D eigenvalue weighted by Crippen LogP contribution is -2.46. The van der Waals surface area contributed by atoms with Crippen molar-refractivity contribution in [1.82, 2.24) is 20.3 Å². The lowest BCUT2D eigenvalue weighted by atomic mass is 9.80. The minimum absolute atomic E-state index is 0.126. The Balaban J connectivity index is 1.66. The number of amides is 1. The number of nitrogens with zero attached hydrogens (tertiary/aromatic N) is 3. The number of para-hydroxylation sites is 1. The molecule has 7 nitrogen and oxygen atoms in total. The van der Waals surface area contributed by atoms with Crippen molar-refractivity contribution in [3.05, 3.63) is 41.2 Å². The maximum absolute atomic E-state index is 12.0. The van der Waals surface area contributed by atoms with E-state index in [4.69, 9.17) is 16.7 Å². The molecule has 0 bridgehead atoms. The summed E-state index contributed by atoms with van der Waals surface area (Å²) in [4.78, 5) is 22.8. The summed E-state index contributed by atoms with van der Waals surface area (Å²) in [6.07, 6.45) is 2.38. The fourth-order valence-electron chi connectivity index (χ4n) is 2.32. The fourth-order valence-corrected chi connectivity index (χ4v) is 2.54. The van der Waals surface area contributed by atoms with Gasteiger partial charge in [-0.15, -0.1) is 5.10 Å². The van der Waals surface area contributed by atoms with Gasteiger partial charge in [-0.05, 0) is 25.0 Å². The Morgan fingerprint density at radius 1 is 1.32 bits per heavy atom. The van der Waals surface area contributed by atoms with Gasteiger partial charge in [-0.25, -0.2) is 4.68 Å². The van der Waals surface area contributed by atoms with E-state index in [1.807, 2.05) is 6.07 Å². The van der Waals surface area contributed by atoms with Gasteiger partial charge in [-0.2, -0.15) is 0 Å². The lowest BCUT2D eigenvalue weighted by Gasteiger charge is -2.32. The van der Waals surface area contributed by atoms with E-state index in [2.05, 4.69) is 15.6 Å². The second kappa shape index (κ2) is 5.76. The second-order valence-electron chi connectivity index (χ2n) is 5.18. The Bertz CT molecular complexity index is 724. The zero-order valence-electron chi connectivity index (χ0n) is 11.4. The van der Waals surface area contributed by atoms with Gasteiger partial charge in [-0.1, -0.05) is 28.9 Å². The van der Waals surface area contributed by atoms with Crippen LogP contribution < -0.4 is 5.32 Å². The van der Waals surface area contributed by atoms with Crippen LogP contribution in [0.2, 0.25) is 5.02 Å². The molecule has 2 aromatic rings. The van der Waals surface area contributed by atoms with Crippen LogP contribution in [-0.2, 0) is 4.79 Å². The smallest absolute Gasteiger partial charge is 0.306 e. The van der Waals surface area contributed by atoms with Crippen LogP contribution in [0.25, 0.3) is 5.69 Å². The first-order chi connectivity index (χ1) is 10.5. The number of carbonyl (C=O) groups excluding carboxylic acids is 1. The van der Waals surface area contributed by atoms with Crippen LogP contribution in [0.1, 0.15) is 23.3 Å². The highest BCUT2D eigenvalue weighted by molar-refractivity contribution is 6.32. The van der Waals surface area contributed by atoms with E-state index in [9.17, 15) is 9.59 Å². The number of carboxylic acids is 1. The summed E-state index contributed by atoms with van der Waals surface area (Å²) in [5.41, 5.74) is 0.795. The first-order valence-corrected chi connectivity index (χ1v) is 7.13. The van der Waals surface area contributed by atoms with Crippen LogP contribution in [0, 0.1) is 5.92 Å². The molecule has 0 aliphatic heterocycles. The van der Waals surface area contributed by atoms with Gasteiger partial charge in [0.15, 0.2) is 5.69 Å². The molecule has 0 spiro atoms. The number of benzene rings is 1. The number of nitrogens with one attached hydrogen (secondary N) is 1. The number of hydrogen-bond donors (Lipinski definition) is 2. The summed E-state index contributed by atoms with van der Waals surface area (Å²) in [5.74, 6) is -1.56. The molecule has 0 saturated heterocycles. The average molecular weight is 321 g/mol. The van der Waals surface area contributed by atoms with E-state index >= 15 is 0 Å². The Hall–Kier alpha value is -2.41. The van der Waals surface area contributed by atoms with Crippen LogP contribution in [0.5, 0.6) is 0 Å². The summed E-state index contributed by atoms with van der Waals surface area (Å²) in [5, 5.41) is 19.8. The van der Waals surface area contributed by atoms with Crippen LogP contribution in [0.15, 0.2) is 30.5 Å². The van der Waals surface area contributed by atoms with Crippen molar-refractivity contribution in [3.63, 3.8) is 0 Å². The summed E-state index contributed by atoms with van der Waals surface area (Å²) in [6.45, 7) is 0. The van der Waals surface area contributed by atoms with Crippen LogP contribution >= 0.6 is 11.6 Å². The molecule has 8 heteroatoms. The quantitative estimate of drug-likeness (QED) is 0.890. The van der Waals surface area contributed by atoms with Gasteiger partial charge in [0.2, 0.25) is 0 Å². The van der Waals surface area contributed by atoms with Gasteiger partial charge in [0.1, 0.15) is 0 Å². The second-order valence-corrected chi connectivity index (χ2v) is 5.58. The van der Waals surface area contributed by atoms with Gasteiger partial charge >= 0.3 is 5.97 Å². The molecular formula is C14H13ClN4O3. The van der Waals surface area contributed by atoms with Crippen molar-refractivity contribution in [2.75, 3.05) is 0 Å². The molecule has 0 unspecified atom stereocenters. The number of carbonyl (C=O) groups is 2. The van der Waals surface area contributed by atoms with Crippen molar-refractivity contribution in [2.24, 2.45) is 5.92 Å². The van der Waals surface area contributed by atoms with Crippen molar-refractivity contribution in [2.45, 2.75) is 18.9 Å². The fraction of sp³-hybridized carbons (Fsp3) is 0.286. The largest absolute Gasteiger partial charge is 0.481 e.